The summed E-state index contributed by atoms with van der Waals surface area (Å²) in [7, 11) is 0. The second-order valence-corrected chi connectivity index (χ2v) is 6.98. The first-order valence-corrected chi connectivity index (χ1v) is 7.89. The standard InChI is InChI=1S/C19H26O3/c1-5-15-11-16(21-13-14-9-7-6-8-10-14)12-17(15)22-18(20)19(2,3)4/h5-10,15-17H,1,11-13H2,2-4H3/t15-,16-,17-/m0/s1. The molecule has 3 heteroatoms. The second kappa shape index (κ2) is 7.10. The lowest BCUT2D eigenvalue weighted by molar-refractivity contribution is -0.159. The highest BCUT2D eigenvalue weighted by atomic mass is 16.5. The fraction of sp³-hybridized carbons (Fsp3) is 0.526. The molecule has 0 radical (unpaired) electrons. The number of ether oxygens (including phenoxy) is 2. The number of carbonyl (C=O) groups excluding carboxylic acids is 1. The zero-order chi connectivity index (χ0) is 16.2. The minimum Gasteiger partial charge on any atom is -0.461 e. The molecule has 3 nitrogen and oxygen atoms in total. The number of hydrogen-bond donors (Lipinski definition) is 0. The zero-order valence-corrected chi connectivity index (χ0v) is 13.7. The summed E-state index contributed by atoms with van der Waals surface area (Å²) in [4.78, 5) is 12.1. The van der Waals surface area contributed by atoms with Crippen molar-refractivity contribution in [1.29, 1.82) is 0 Å². The van der Waals surface area contributed by atoms with Crippen molar-refractivity contribution in [2.24, 2.45) is 11.3 Å². The molecule has 0 bridgehead atoms. The van der Waals surface area contributed by atoms with E-state index in [2.05, 4.69) is 18.7 Å². The van der Waals surface area contributed by atoms with E-state index in [9.17, 15) is 4.79 Å². The zero-order valence-electron chi connectivity index (χ0n) is 13.7. The maximum Gasteiger partial charge on any atom is 0.311 e. The summed E-state index contributed by atoms with van der Waals surface area (Å²) >= 11 is 0. The summed E-state index contributed by atoms with van der Waals surface area (Å²) in [5.74, 6) is 0.0140. The molecule has 0 unspecified atom stereocenters. The predicted octanol–water partition coefficient (Wildman–Crippen LogP) is 4.13. The number of esters is 1. The largest absolute Gasteiger partial charge is 0.461 e. The molecular weight excluding hydrogens is 276 g/mol. The van der Waals surface area contributed by atoms with Gasteiger partial charge in [0.1, 0.15) is 6.10 Å². The third-order valence-corrected chi connectivity index (χ3v) is 4.01. The van der Waals surface area contributed by atoms with Gasteiger partial charge in [-0.15, -0.1) is 6.58 Å². The third kappa shape index (κ3) is 4.44. The SMILES string of the molecule is C=C[C@H]1C[C@H](OCc2ccccc2)C[C@@H]1OC(=O)C(C)(C)C. The topological polar surface area (TPSA) is 35.5 Å². The van der Waals surface area contributed by atoms with E-state index in [1.807, 2.05) is 45.0 Å². The molecular formula is C19H26O3. The van der Waals surface area contributed by atoms with Crippen LogP contribution in [0.25, 0.3) is 0 Å². The van der Waals surface area contributed by atoms with Gasteiger partial charge in [-0.2, -0.15) is 0 Å². The summed E-state index contributed by atoms with van der Waals surface area (Å²) in [6, 6.07) is 10.1. The van der Waals surface area contributed by atoms with Gasteiger partial charge in [0.05, 0.1) is 18.1 Å². The van der Waals surface area contributed by atoms with Gasteiger partial charge in [0.15, 0.2) is 0 Å². The maximum absolute atomic E-state index is 12.1. The van der Waals surface area contributed by atoms with Crippen LogP contribution in [0.1, 0.15) is 39.2 Å². The van der Waals surface area contributed by atoms with Crippen LogP contribution in [0.2, 0.25) is 0 Å². The summed E-state index contributed by atoms with van der Waals surface area (Å²) in [5.41, 5.74) is 0.683. The molecule has 120 valence electrons. The molecule has 0 saturated heterocycles. The smallest absolute Gasteiger partial charge is 0.311 e. The molecule has 22 heavy (non-hydrogen) atoms. The van der Waals surface area contributed by atoms with Gasteiger partial charge in [-0.3, -0.25) is 4.79 Å². The fourth-order valence-electron chi connectivity index (χ4n) is 2.61. The van der Waals surface area contributed by atoms with Gasteiger partial charge in [0, 0.05) is 12.3 Å². The van der Waals surface area contributed by atoms with Gasteiger partial charge in [0.2, 0.25) is 0 Å². The first-order valence-electron chi connectivity index (χ1n) is 7.89. The molecule has 2 rings (SSSR count). The average Bonchev–Trinajstić information content (AvgIpc) is 2.87. The molecule has 0 heterocycles. The Hall–Kier alpha value is -1.61. The molecule has 1 aromatic rings. The Kier molecular flexibility index (Phi) is 5.41. The van der Waals surface area contributed by atoms with Gasteiger partial charge in [-0.05, 0) is 32.8 Å². The molecule has 1 aromatic carbocycles. The molecule has 1 fully saturated rings. The van der Waals surface area contributed by atoms with Crippen molar-refractivity contribution < 1.29 is 14.3 Å². The lowest BCUT2D eigenvalue weighted by atomic mass is 9.97. The van der Waals surface area contributed by atoms with Crippen LogP contribution in [0.5, 0.6) is 0 Å². The van der Waals surface area contributed by atoms with Gasteiger partial charge >= 0.3 is 5.97 Å². The monoisotopic (exact) mass is 302 g/mol. The van der Waals surface area contributed by atoms with Gasteiger partial charge in [-0.25, -0.2) is 0 Å². The number of hydrogen-bond acceptors (Lipinski definition) is 3. The Balaban J connectivity index is 1.89. The van der Waals surface area contributed by atoms with E-state index >= 15 is 0 Å². The van der Waals surface area contributed by atoms with E-state index < -0.39 is 5.41 Å². The fourth-order valence-corrected chi connectivity index (χ4v) is 2.61. The van der Waals surface area contributed by atoms with E-state index in [0.29, 0.717) is 6.61 Å². The van der Waals surface area contributed by atoms with Crippen LogP contribution < -0.4 is 0 Å². The normalized spacial score (nSPS) is 25.0. The van der Waals surface area contributed by atoms with Crippen molar-refractivity contribution in [3.63, 3.8) is 0 Å². The Bertz CT molecular complexity index is 501. The van der Waals surface area contributed by atoms with Crippen molar-refractivity contribution in [1.82, 2.24) is 0 Å². The molecule has 0 amide bonds. The van der Waals surface area contributed by atoms with Gasteiger partial charge in [-0.1, -0.05) is 36.4 Å². The summed E-state index contributed by atoms with van der Waals surface area (Å²) < 4.78 is 11.7. The van der Waals surface area contributed by atoms with Gasteiger partial charge < -0.3 is 9.47 Å². The maximum atomic E-state index is 12.1. The Morgan fingerprint density at radius 2 is 1.95 bits per heavy atom. The third-order valence-electron chi connectivity index (χ3n) is 4.01. The number of rotatable bonds is 5. The van der Waals surface area contributed by atoms with Crippen LogP contribution in [0, 0.1) is 11.3 Å². The lowest BCUT2D eigenvalue weighted by Crippen LogP contribution is -2.29. The first-order chi connectivity index (χ1) is 10.4. The van der Waals surface area contributed by atoms with Crippen molar-refractivity contribution >= 4 is 5.97 Å². The summed E-state index contributed by atoms with van der Waals surface area (Å²) in [6.45, 7) is 10.1. The van der Waals surface area contributed by atoms with Crippen molar-refractivity contribution in [2.75, 3.05) is 0 Å². The minimum atomic E-state index is -0.477. The first kappa shape index (κ1) is 16.8. The van der Waals surface area contributed by atoms with E-state index in [0.717, 1.165) is 18.4 Å². The van der Waals surface area contributed by atoms with Crippen LogP contribution in [-0.4, -0.2) is 18.2 Å². The molecule has 0 N–H and O–H groups in total. The molecule has 0 aromatic heterocycles. The minimum absolute atomic E-state index is 0.112. The van der Waals surface area contributed by atoms with Crippen molar-refractivity contribution in [2.45, 2.75) is 52.4 Å². The molecule has 0 spiro atoms. The molecule has 1 saturated carbocycles. The van der Waals surface area contributed by atoms with Crippen LogP contribution in [0.3, 0.4) is 0 Å². The van der Waals surface area contributed by atoms with Crippen LogP contribution in [-0.2, 0) is 20.9 Å². The highest BCUT2D eigenvalue weighted by Gasteiger charge is 2.37. The molecule has 0 aliphatic heterocycles. The molecule has 1 aliphatic carbocycles. The summed E-state index contributed by atoms with van der Waals surface area (Å²) in [5, 5.41) is 0. The number of benzene rings is 1. The number of carbonyl (C=O) groups is 1. The lowest BCUT2D eigenvalue weighted by Gasteiger charge is -2.23. The Labute approximate surface area is 133 Å². The Morgan fingerprint density at radius 1 is 1.27 bits per heavy atom. The van der Waals surface area contributed by atoms with Crippen molar-refractivity contribution in [3.05, 3.63) is 48.6 Å². The van der Waals surface area contributed by atoms with E-state index in [4.69, 9.17) is 9.47 Å². The highest BCUT2D eigenvalue weighted by Crippen LogP contribution is 2.33. The van der Waals surface area contributed by atoms with Crippen LogP contribution in [0.4, 0.5) is 0 Å². The van der Waals surface area contributed by atoms with E-state index in [1.54, 1.807) is 0 Å². The van der Waals surface area contributed by atoms with E-state index in [-0.39, 0.29) is 24.1 Å². The van der Waals surface area contributed by atoms with Crippen LogP contribution >= 0.6 is 0 Å². The van der Waals surface area contributed by atoms with Gasteiger partial charge in [0.25, 0.3) is 0 Å². The van der Waals surface area contributed by atoms with Crippen LogP contribution in [0.15, 0.2) is 43.0 Å². The molecule has 1 aliphatic rings. The highest BCUT2D eigenvalue weighted by molar-refractivity contribution is 5.75. The average molecular weight is 302 g/mol. The quantitative estimate of drug-likeness (QED) is 0.606. The predicted molar refractivity (Wildman–Crippen MR) is 87.3 cm³/mol. The van der Waals surface area contributed by atoms with E-state index in [1.165, 1.54) is 0 Å². The second-order valence-electron chi connectivity index (χ2n) is 6.98. The molecule has 3 atom stereocenters. The van der Waals surface area contributed by atoms with Crippen molar-refractivity contribution in [3.8, 4) is 0 Å². The Morgan fingerprint density at radius 3 is 2.55 bits per heavy atom. The summed E-state index contributed by atoms with van der Waals surface area (Å²) in [6.07, 6.45) is 3.47.